The molecule has 26 heavy (non-hydrogen) atoms. The molecule has 0 spiro atoms. The lowest BCUT2D eigenvalue weighted by Gasteiger charge is -2.43. The number of hydrogen-bond donors (Lipinski definition) is 2. The average Bonchev–Trinajstić information content (AvgIpc) is 2.66. The number of rotatable bonds is 8. The van der Waals surface area contributed by atoms with Gasteiger partial charge in [-0.2, -0.15) is 5.26 Å². The smallest absolute Gasteiger partial charge is 0.221 e. The maximum atomic E-state index is 12.5. The summed E-state index contributed by atoms with van der Waals surface area (Å²) in [6.07, 6.45) is 10.3. The molecule has 1 aliphatic carbocycles. The van der Waals surface area contributed by atoms with Crippen LogP contribution in [-0.4, -0.2) is 41.4 Å². The molecule has 1 saturated carbocycles. The molecular formula is C20H34N4O2. The second kappa shape index (κ2) is 9.91. The molecule has 0 aromatic rings. The van der Waals surface area contributed by atoms with Crippen molar-refractivity contribution in [3.05, 3.63) is 0 Å². The fourth-order valence-electron chi connectivity index (χ4n) is 4.48. The quantitative estimate of drug-likeness (QED) is 0.693. The molecule has 3 N–H and O–H groups in total. The van der Waals surface area contributed by atoms with Crippen LogP contribution in [0, 0.1) is 17.2 Å². The maximum Gasteiger partial charge on any atom is 0.221 e. The van der Waals surface area contributed by atoms with Crippen molar-refractivity contribution in [1.29, 1.82) is 5.26 Å². The molecule has 0 aromatic heterocycles. The Morgan fingerprint density at radius 3 is 2.62 bits per heavy atom. The number of primary amides is 1. The lowest BCUT2D eigenvalue weighted by atomic mass is 9.82. The van der Waals surface area contributed by atoms with Crippen LogP contribution in [0.2, 0.25) is 0 Å². The normalized spacial score (nSPS) is 27.6. The number of hydrogen-bond acceptors (Lipinski definition) is 4. The molecule has 2 atom stereocenters. The van der Waals surface area contributed by atoms with Crippen molar-refractivity contribution in [2.24, 2.45) is 11.7 Å². The third-order valence-corrected chi connectivity index (χ3v) is 6.14. The van der Waals surface area contributed by atoms with Crippen LogP contribution < -0.4 is 11.1 Å². The van der Waals surface area contributed by atoms with E-state index in [1.165, 1.54) is 32.1 Å². The molecule has 6 nitrogen and oxygen atoms in total. The number of amides is 2. The second-order valence-electron chi connectivity index (χ2n) is 8.05. The molecule has 1 aliphatic heterocycles. The number of carbonyl (C=O) groups excluding carboxylic acids is 2. The van der Waals surface area contributed by atoms with Gasteiger partial charge in [0.1, 0.15) is 5.54 Å². The van der Waals surface area contributed by atoms with Crippen LogP contribution in [0.25, 0.3) is 0 Å². The summed E-state index contributed by atoms with van der Waals surface area (Å²) < 4.78 is 0. The molecule has 2 rings (SSSR count). The van der Waals surface area contributed by atoms with Gasteiger partial charge in [0, 0.05) is 32.0 Å². The van der Waals surface area contributed by atoms with E-state index in [1.807, 2.05) is 0 Å². The number of piperidine rings is 1. The SMILES string of the molecule is CCC1CC(C#N)(NC(=O)CCC2CCCCC2)CCN1CCC(N)=O. The highest BCUT2D eigenvalue weighted by molar-refractivity contribution is 5.77. The van der Waals surface area contributed by atoms with Gasteiger partial charge in [-0.15, -0.1) is 0 Å². The van der Waals surface area contributed by atoms with E-state index in [4.69, 9.17) is 5.73 Å². The van der Waals surface area contributed by atoms with Crippen LogP contribution in [0.5, 0.6) is 0 Å². The van der Waals surface area contributed by atoms with Crippen molar-refractivity contribution < 1.29 is 9.59 Å². The van der Waals surface area contributed by atoms with Gasteiger partial charge < -0.3 is 11.1 Å². The van der Waals surface area contributed by atoms with Gasteiger partial charge in [-0.05, 0) is 31.6 Å². The Morgan fingerprint density at radius 1 is 1.27 bits per heavy atom. The van der Waals surface area contributed by atoms with Gasteiger partial charge in [0.25, 0.3) is 0 Å². The largest absolute Gasteiger partial charge is 0.370 e. The van der Waals surface area contributed by atoms with E-state index in [-0.39, 0.29) is 17.9 Å². The summed E-state index contributed by atoms with van der Waals surface area (Å²) in [5, 5.41) is 12.8. The summed E-state index contributed by atoms with van der Waals surface area (Å²) in [7, 11) is 0. The van der Waals surface area contributed by atoms with Crippen LogP contribution in [-0.2, 0) is 9.59 Å². The number of likely N-dealkylation sites (tertiary alicyclic amines) is 1. The zero-order chi connectivity index (χ0) is 19.0. The van der Waals surface area contributed by atoms with Crippen LogP contribution in [0.3, 0.4) is 0 Å². The van der Waals surface area contributed by atoms with Gasteiger partial charge in [0.15, 0.2) is 0 Å². The Bertz CT molecular complexity index is 524. The van der Waals surface area contributed by atoms with Crippen molar-refractivity contribution in [3.63, 3.8) is 0 Å². The average molecular weight is 363 g/mol. The number of nitrogens with zero attached hydrogens (tertiary/aromatic N) is 2. The minimum Gasteiger partial charge on any atom is -0.370 e. The standard InChI is InChI=1S/C20H34N4O2/c1-2-17-14-20(15-21,11-13-24(17)12-10-18(22)25)23-19(26)9-8-16-6-4-3-5-7-16/h16-17H,2-14H2,1H3,(H2,22,25)(H,23,26). The Labute approximate surface area is 157 Å². The van der Waals surface area contributed by atoms with Crippen molar-refractivity contribution in [1.82, 2.24) is 10.2 Å². The molecule has 2 fully saturated rings. The third-order valence-electron chi connectivity index (χ3n) is 6.14. The molecule has 2 unspecified atom stereocenters. The first-order valence-electron chi connectivity index (χ1n) is 10.2. The summed E-state index contributed by atoms with van der Waals surface area (Å²) in [5.74, 6) is 0.386. The van der Waals surface area contributed by atoms with Crippen molar-refractivity contribution in [2.45, 2.75) is 89.1 Å². The molecular weight excluding hydrogens is 328 g/mol. The van der Waals surface area contributed by atoms with E-state index in [2.05, 4.69) is 23.2 Å². The minimum atomic E-state index is -0.770. The molecule has 2 amide bonds. The fraction of sp³-hybridized carbons (Fsp3) is 0.850. The second-order valence-corrected chi connectivity index (χ2v) is 8.05. The Balaban J connectivity index is 1.86. The maximum absolute atomic E-state index is 12.5. The Hall–Kier alpha value is -1.61. The molecule has 146 valence electrons. The van der Waals surface area contributed by atoms with Gasteiger partial charge in [-0.1, -0.05) is 39.0 Å². The van der Waals surface area contributed by atoms with Crippen LogP contribution in [0.15, 0.2) is 0 Å². The van der Waals surface area contributed by atoms with Crippen LogP contribution in [0.4, 0.5) is 0 Å². The molecule has 0 aromatic carbocycles. The third kappa shape index (κ3) is 5.98. The number of nitrogens with one attached hydrogen (secondary N) is 1. The van der Waals surface area contributed by atoms with Crippen LogP contribution >= 0.6 is 0 Å². The van der Waals surface area contributed by atoms with E-state index in [9.17, 15) is 14.9 Å². The highest BCUT2D eigenvalue weighted by atomic mass is 16.2. The molecule has 2 aliphatic rings. The lowest BCUT2D eigenvalue weighted by molar-refractivity contribution is -0.123. The first-order chi connectivity index (χ1) is 12.5. The molecule has 1 heterocycles. The van der Waals surface area contributed by atoms with E-state index < -0.39 is 5.54 Å². The monoisotopic (exact) mass is 362 g/mol. The summed E-state index contributed by atoms with van der Waals surface area (Å²) in [6.45, 7) is 3.42. The van der Waals surface area contributed by atoms with E-state index in [0.717, 1.165) is 12.8 Å². The van der Waals surface area contributed by atoms with Gasteiger partial charge in [-0.3, -0.25) is 14.5 Å². The van der Waals surface area contributed by atoms with Crippen LogP contribution in [0.1, 0.15) is 77.6 Å². The van der Waals surface area contributed by atoms with E-state index in [0.29, 0.717) is 44.7 Å². The predicted molar refractivity (Wildman–Crippen MR) is 101 cm³/mol. The summed E-state index contributed by atoms with van der Waals surface area (Å²) in [4.78, 5) is 25.8. The Morgan fingerprint density at radius 2 is 2.00 bits per heavy atom. The molecule has 6 heteroatoms. The zero-order valence-electron chi connectivity index (χ0n) is 16.1. The minimum absolute atomic E-state index is 0.0116. The van der Waals surface area contributed by atoms with Crippen molar-refractivity contribution >= 4 is 11.8 Å². The molecule has 0 radical (unpaired) electrons. The highest BCUT2D eigenvalue weighted by Gasteiger charge is 2.40. The lowest BCUT2D eigenvalue weighted by Crippen LogP contribution is -2.58. The van der Waals surface area contributed by atoms with Gasteiger partial charge >= 0.3 is 0 Å². The van der Waals surface area contributed by atoms with Gasteiger partial charge in [-0.25, -0.2) is 0 Å². The fourth-order valence-corrected chi connectivity index (χ4v) is 4.48. The van der Waals surface area contributed by atoms with Crippen molar-refractivity contribution in [2.75, 3.05) is 13.1 Å². The zero-order valence-corrected chi connectivity index (χ0v) is 16.1. The Kier molecular flexibility index (Phi) is 7.89. The summed E-state index contributed by atoms with van der Waals surface area (Å²) >= 11 is 0. The van der Waals surface area contributed by atoms with Gasteiger partial charge in [0.2, 0.25) is 11.8 Å². The first kappa shape index (κ1) is 20.7. The number of nitrogens with two attached hydrogens (primary N) is 1. The summed E-state index contributed by atoms with van der Waals surface area (Å²) in [5.41, 5.74) is 4.49. The topological polar surface area (TPSA) is 99.2 Å². The predicted octanol–water partition coefficient (Wildman–Crippen LogP) is 2.48. The number of carbonyl (C=O) groups is 2. The molecule has 1 saturated heterocycles. The van der Waals surface area contributed by atoms with Gasteiger partial charge in [0.05, 0.1) is 6.07 Å². The highest BCUT2D eigenvalue weighted by Crippen LogP contribution is 2.30. The summed E-state index contributed by atoms with van der Waals surface area (Å²) in [6, 6.07) is 2.58. The molecule has 0 bridgehead atoms. The van der Waals surface area contributed by atoms with E-state index in [1.54, 1.807) is 0 Å². The number of nitriles is 1. The van der Waals surface area contributed by atoms with E-state index >= 15 is 0 Å². The van der Waals surface area contributed by atoms with Crippen molar-refractivity contribution in [3.8, 4) is 6.07 Å². The first-order valence-corrected chi connectivity index (χ1v) is 10.2.